The van der Waals surface area contributed by atoms with Gasteiger partial charge < -0.3 is 10.0 Å². The second-order valence-electron chi connectivity index (χ2n) is 6.15. The number of aliphatic carboxylic acids is 1. The average Bonchev–Trinajstić information content (AvgIpc) is 2.67. The second-order valence-corrected chi connectivity index (χ2v) is 6.15. The van der Waals surface area contributed by atoms with Crippen LogP contribution in [0.5, 0.6) is 0 Å². The molecule has 0 amide bonds. The molecule has 9 heteroatoms. The molecule has 1 fully saturated rings. The zero-order chi connectivity index (χ0) is 19.2. The Morgan fingerprint density at radius 2 is 1.48 bits per heavy atom. The smallest absolute Gasteiger partial charge is 0.317 e. The number of hydrogen-bond acceptors (Lipinski definition) is 7. The highest BCUT2D eigenvalue weighted by atomic mass is 16.6. The fourth-order valence-electron chi connectivity index (χ4n) is 2.84. The zero-order valence-corrected chi connectivity index (χ0v) is 14.6. The van der Waals surface area contributed by atoms with Gasteiger partial charge in [-0.3, -0.25) is 19.8 Å². The monoisotopic (exact) mass is 369 g/mol. The van der Waals surface area contributed by atoms with Crippen molar-refractivity contribution in [3.05, 3.63) is 58.6 Å². The molecule has 2 aromatic carbocycles. The molecule has 3 rings (SSSR count). The Kier molecular flexibility index (Phi) is 5.72. The van der Waals surface area contributed by atoms with Gasteiger partial charge in [-0.15, -0.1) is 0 Å². The summed E-state index contributed by atoms with van der Waals surface area (Å²) >= 11 is 0. The van der Waals surface area contributed by atoms with Crippen molar-refractivity contribution in [2.75, 3.05) is 37.6 Å². The van der Waals surface area contributed by atoms with Gasteiger partial charge in [0.25, 0.3) is 5.69 Å². The molecule has 0 radical (unpaired) electrons. The van der Waals surface area contributed by atoms with Crippen LogP contribution in [0.2, 0.25) is 0 Å². The average molecular weight is 369 g/mol. The molecule has 1 heterocycles. The highest BCUT2D eigenvalue weighted by molar-refractivity contribution is 5.69. The van der Waals surface area contributed by atoms with E-state index in [0.717, 1.165) is 18.8 Å². The first-order valence-corrected chi connectivity index (χ1v) is 8.46. The van der Waals surface area contributed by atoms with Crippen molar-refractivity contribution in [2.24, 2.45) is 10.2 Å². The van der Waals surface area contributed by atoms with Crippen LogP contribution < -0.4 is 4.90 Å². The van der Waals surface area contributed by atoms with Crippen LogP contribution in [-0.2, 0) is 4.79 Å². The van der Waals surface area contributed by atoms with E-state index in [2.05, 4.69) is 15.1 Å². The molecule has 27 heavy (non-hydrogen) atoms. The van der Waals surface area contributed by atoms with E-state index in [9.17, 15) is 14.9 Å². The summed E-state index contributed by atoms with van der Waals surface area (Å²) in [4.78, 5) is 25.1. The first kappa shape index (κ1) is 18.5. The summed E-state index contributed by atoms with van der Waals surface area (Å²) in [6.07, 6.45) is 0. The number of nitrogens with zero attached hydrogens (tertiary/aromatic N) is 5. The number of nitro groups is 1. The number of nitro benzene ring substituents is 1. The minimum absolute atomic E-state index is 0.0155. The molecule has 0 bridgehead atoms. The number of piperazine rings is 1. The van der Waals surface area contributed by atoms with Gasteiger partial charge in [-0.05, 0) is 36.4 Å². The minimum atomic E-state index is -0.800. The summed E-state index contributed by atoms with van der Waals surface area (Å²) in [7, 11) is 0. The molecule has 0 spiro atoms. The van der Waals surface area contributed by atoms with E-state index in [0.29, 0.717) is 24.5 Å². The standard InChI is InChI=1S/C18H19N5O4/c24-18(25)13-21-9-11-22(12-10-21)16-5-1-14(2-6-16)19-20-15-3-7-17(8-4-15)23(26)27/h1-8H,9-13H2,(H,24,25)/b20-19+. The van der Waals surface area contributed by atoms with Crippen LogP contribution in [0.4, 0.5) is 22.7 Å². The summed E-state index contributed by atoms with van der Waals surface area (Å²) in [5, 5.41) is 27.7. The number of carboxylic acids is 1. The van der Waals surface area contributed by atoms with Gasteiger partial charge >= 0.3 is 5.97 Å². The molecular formula is C18H19N5O4. The zero-order valence-electron chi connectivity index (χ0n) is 14.6. The maximum absolute atomic E-state index is 10.8. The van der Waals surface area contributed by atoms with Gasteiger partial charge in [0.05, 0.1) is 22.8 Å². The van der Waals surface area contributed by atoms with Crippen LogP contribution in [0.25, 0.3) is 0 Å². The molecule has 0 atom stereocenters. The lowest BCUT2D eigenvalue weighted by molar-refractivity contribution is -0.384. The number of rotatable bonds is 6. The topological polar surface area (TPSA) is 112 Å². The van der Waals surface area contributed by atoms with Gasteiger partial charge in [0.2, 0.25) is 0 Å². The van der Waals surface area contributed by atoms with Crippen LogP contribution in [0.15, 0.2) is 58.8 Å². The van der Waals surface area contributed by atoms with Crippen molar-refractivity contribution in [3.8, 4) is 0 Å². The molecule has 0 saturated carbocycles. The van der Waals surface area contributed by atoms with E-state index in [-0.39, 0.29) is 12.2 Å². The number of azo groups is 1. The fraction of sp³-hybridized carbons (Fsp3) is 0.278. The van der Waals surface area contributed by atoms with E-state index in [1.165, 1.54) is 12.1 Å². The highest BCUT2D eigenvalue weighted by Crippen LogP contribution is 2.24. The molecule has 1 aliphatic rings. The Hall–Kier alpha value is -3.33. The summed E-state index contributed by atoms with van der Waals surface area (Å²) < 4.78 is 0. The van der Waals surface area contributed by atoms with Crippen LogP contribution in [0, 0.1) is 10.1 Å². The quantitative estimate of drug-likeness (QED) is 0.475. The van der Waals surface area contributed by atoms with Crippen LogP contribution in [0.3, 0.4) is 0 Å². The number of hydrogen-bond donors (Lipinski definition) is 1. The molecule has 0 unspecified atom stereocenters. The molecule has 9 nitrogen and oxygen atoms in total. The Bertz CT molecular complexity index is 828. The lowest BCUT2D eigenvalue weighted by Gasteiger charge is -2.35. The van der Waals surface area contributed by atoms with Crippen molar-refractivity contribution in [2.45, 2.75) is 0 Å². The minimum Gasteiger partial charge on any atom is -0.480 e. The molecule has 1 saturated heterocycles. The highest BCUT2D eigenvalue weighted by Gasteiger charge is 2.18. The number of anilines is 1. The van der Waals surface area contributed by atoms with Crippen LogP contribution in [0.1, 0.15) is 0 Å². The van der Waals surface area contributed by atoms with Gasteiger partial charge in [0.1, 0.15) is 0 Å². The Labute approximate surface area is 155 Å². The summed E-state index contributed by atoms with van der Waals surface area (Å²) in [6.45, 7) is 3.06. The van der Waals surface area contributed by atoms with E-state index in [4.69, 9.17) is 5.11 Å². The molecule has 140 valence electrons. The van der Waals surface area contributed by atoms with Gasteiger partial charge in [-0.2, -0.15) is 10.2 Å². The van der Waals surface area contributed by atoms with Crippen molar-refractivity contribution in [1.29, 1.82) is 0 Å². The molecular weight excluding hydrogens is 350 g/mol. The summed E-state index contributed by atoms with van der Waals surface area (Å²) in [5.74, 6) is -0.800. The Balaban J connectivity index is 1.57. The predicted octanol–water partition coefficient (Wildman–Crippen LogP) is 3.22. The SMILES string of the molecule is O=C(O)CN1CCN(c2ccc(/N=N/c3ccc([N+](=O)[O-])cc3)cc2)CC1. The number of carbonyl (C=O) groups is 1. The fourth-order valence-corrected chi connectivity index (χ4v) is 2.84. The van der Waals surface area contributed by atoms with Crippen molar-refractivity contribution in [3.63, 3.8) is 0 Å². The molecule has 0 aromatic heterocycles. The maximum Gasteiger partial charge on any atom is 0.317 e. The third-order valence-corrected chi connectivity index (χ3v) is 4.29. The third-order valence-electron chi connectivity index (χ3n) is 4.29. The van der Waals surface area contributed by atoms with Crippen molar-refractivity contribution in [1.82, 2.24) is 4.90 Å². The van der Waals surface area contributed by atoms with Crippen LogP contribution in [-0.4, -0.2) is 53.6 Å². The third kappa shape index (κ3) is 5.08. The van der Waals surface area contributed by atoms with E-state index in [1.807, 2.05) is 29.2 Å². The van der Waals surface area contributed by atoms with Gasteiger partial charge in [0, 0.05) is 44.0 Å². The van der Waals surface area contributed by atoms with Gasteiger partial charge in [0.15, 0.2) is 0 Å². The van der Waals surface area contributed by atoms with Crippen molar-refractivity contribution >= 4 is 28.7 Å². The second kappa shape index (κ2) is 8.37. The van der Waals surface area contributed by atoms with Crippen molar-refractivity contribution < 1.29 is 14.8 Å². The van der Waals surface area contributed by atoms with Crippen LogP contribution >= 0.6 is 0 Å². The largest absolute Gasteiger partial charge is 0.480 e. The molecule has 0 aliphatic carbocycles. The number of benzene rings is 2. The first-order valence-electron chi connectivity index (χ1n) is 8.46. The lowest BCUT2D eigenvalue weighted by Crippen LogP contribution is -2.47. The Morgan fingerprint density at radius 3 is 1.96 bits per heavy atom. The number of carboxylic acid groups (broad SMARTS) is 1. The first-order chi connectivity index (χ1) is 13.0. The molecule has 1 aliphatic heterocycles. The van der Waals surface area contributed by atoms with E-state index in [1.54, 1.807) is 12.1 Å². The van der Waals surface area contributed by atoms with E-state index >= 15 is 0 Å². The maximum atomic E-state index is 10.8. The molecule has 1 N–H and O–H groups in total. The normalized spacial score (nSPS) is 15.2. The summed E-state index contributed by atoms with van der Waals surface area (Å²) in [6, 6.07) is 13.5. The predicted molar refractivity (Wildman–Crippen MR) is 100 cm³/mol. The summed E-state index contributed by atoms with van der Waals surface area (Å²) in [5.41, 5.74) is 2.29. The van der Waals surface area contributed by atoms with E-state index < -0.39 is 10.9 Å². The lowest BCUT2D eigenvalue weighted by atomic mass is 10.2. The number of non-ortho nitro benzene ring substituents is 1. The van der Waals surface area contributed by atoms with Gasteiger partial charge in [-0.25, -0.2) is 0 Å². The van der Waals surface area contributed by atoms with Gasteiger partial charge in [-0.1, -0.05) is 0 Å². The Morgan fingerprint density at radius 1 is 0.963 bits per heavy atom. The molecule has 2 aromatic rings.